The van der Waals surface area contributed by atoms with Gasteiger partial charge in [-0.3, -0.25) is 14.3 Å². The van der Waals surface area contributed by atoms with Crippen molar-refractivity contribution in [1.82, 2.24) is 20.1 Å². The van der Waals surface area contributed by atoms with Gasteiger partial charge in [-0.25, -0.2) is 4.98 Å². The average molecular weight is 361 g/mol. The predicted molar refractivity (Wildman–Crippen MR) is 100 cm³/mol. The van der Waals surface area contributed by atoms with Crippen LogP contribution in [0.15, 0.2) is 54.9 Å². The summed E-state index contributed by atoms with van der Waals surface area (Å²) >= 11 is 0. The number of anilines is 1. The molecule has 3 heterocycles. The van der Waals surface area contributed by atoms with Gasteiger partial charge in [0.05, 0.1) is 17.5 Å². The lowest BCUT2D eigenvalue weighted by atomic mass is 10.0. The Bertz CT molecular complexity index is 997. The Morgan fingerprint density at radius 1 is 1.26 bits per heavy atom. The minimum absolute atomic E-state index is 0.261. The number of carbonyl (C=O) groups is 2. The number of carbonyl (C=O) groups excluding carboxylic acids is 2. The fourth-order valence-electron chi connectivity index (χ4n) is 3.24. The van der Waals surface area contributed by atoms with E-state index in [9.17, 15) is 9.59 Å². The Labute approximate surface area is 156 Å². The van der Waals surface area contributed by atoms with E-state index in [0.717, 1.165) is 16.8 Å². The second-order valence-corrected chi connectivity index (χ2v) is 6.52. The summed E-state index contributed by atoms with van der Waals surface area (Å²) in [6.07, 6.45) is 4.17. The summed E-state index contributed by atoms with van der Waals surface area (Å²) in [6, 6.07) is 13.0. The molecule has 7 nitrogen and oxygen atoms in total. The van der Waals surface area contributed by atoms with Crippen molar-refractivity contribution >= 4 is 17.6 Å². The number of hydrogen-bond acceptors (Lipinski definition) is 4. The first-order valence-corrected chi connectivity index (χ1v) is 8.72. The predicted octanol–water partition coefficient (Wildman–Crippen LogP) is 1.70. The van der Waals surface area contributed by atoms with Crippen molar-refractivity contribution in [2.45, 2.75) is 18.9 Å². The summed E-state index contributed by atoms with van der Waals surface area (Å²) < 4.78 is 1.70. The topological polar surface area (TPSA) is 88.9 Å². The van der Waals surface area contributed by atoms with Crippen LogP contribution in [0.2, 0.25) is 0 Å². The molecule has 1 aliphatic rings. The molecule has 0 spiro atoms. The highest BCUT2D eigenvalue weighted by Gasteiger charge is 2.29. The van der Waals surface area contributed by atoms with Gasteiger partial charge in [0.1, 0.15) is 11.9 Å². The fraction of sp³-hybridized carbons (Fsp3) is 0.200. The van der Waals surface area contributed by atoms with Crippen LogP contribution in [0.3, 0.4) is 0 Å². The first-order chi connectivity index (χ1) is 13.1. The molecule has 0 saturated carbocycles. The maximum atomic E-state index is 12.8. The fourth-order valence-corrected chi connectivity index (χ4v) is 3.24. The molecule has 0 bridgehead atoms. The van der Waals surface area contributed by atoms with Crippen LogP contribution in [-0.2, 0) is 24.7 Å². The van der Waals surface area contributed by atoms with Gasteiger partial charge in [-0.05, 0) is 17.2 Å². The maximum absolute atomic E-state index is 12.8. The molecule has 7 heteroatoms. The molecule has 3 aromatic rings. The number of nitrogens with zero attached hydrogens (tertiary/aromatic N) is 3. The monoisotopic (exact) mass is 361 g/mol. The van der Waals surface area contributed by atoms with Gasteiger partial charge in [-0.15, -0.1) is 0 Å². The number of aromatic nitrogens is 3. The first-order valence-electron chi connectivity index (χ1n) is 8.72. The molecular weight excluding hydrogens is 342 g/mol. The largest absolute Gasteiger partial charge is 0.340 e. The van der Waals surface area contributed by atoms with Gasteiger partial charge < -0.3 is 10.6 Å². The summed E-state index contributed by atoms with van der Waals surface area (Å²) in [5, 5.41) is 9.80. The number of nitrogens with one attached hydrogen (secondary N) is 2. The van der Waals surface area contributed by atoms with E-state index in [1.807, 2.05) is 49.5 Å². The minimum atomic E-state index is -0.640. The molecule has 1 unspecified atom stereocenters. The number of amides is 2. The molecule has 1 atom stereocenters. The van der Waals surface area contributed by atoms with Crippen molar-refractivity contribution in [3.05, 3.63) is 77.2 Å². The van der Waals surface area contributed by atoms with Crippen LogP contribution in [0.4, 0.5) is 5.82 Å². The third-order valence-electron chi connectivity index (χ3n) is 4.70. The summed E-state index contributed by atoms with van der Waals surface area (Å²) in [5.41, 5.74) is 3.27. The lowest BCUT2D eigenvalue weighted by Crippen LogP contribution is -2.48. The third kappa shape index (κ3) is 3.44. The zero-order chi connectivity index (χ0) is 18.8. The number of benzene rings is 1. The molecule has 0 radical (unpaired) electrons. The van der Waals surface area contributed by atoms with Gasteiger partial charge in [-0.2, -0.15) is 5.10 Å². The summed E-state index contributed by atoms with van der Waals surface area (Å²) in [4.78, 5) is 29.3. The SMILES string of the molecule is Cn1ncc(C(=O)NC2Cc3cccnc3NC2=O)c1Cc1ccccc1. The van der Waals surface area contributed by atoms with Crippen molar-refractivity contribution in [2.24, 2.45) is 7.05 Å². The zero-order valence-electron chi connectivity index (χ0n) is 14.8. The van der Waals surface area contributed by atoms with Gasteiger partial charge in [0, 0.05) is 26.1 Å². The lowest BCUT2D eigenvalue weighted by molar-refractivity contribution is -0.118. The van der Waals surface area contributed by atoms with Crippen molar-refractivity contribution in [3.8, 4) is 0 Å². The van der Waals surface area contributed by atoms with Crippen LogP contribution in [0.1, 0.15) is 27.2 Å². The molecule has 0 saturated heterocycles. The van der Waals surface area contributed by atoms with Crippen molar-refractivity contribution < 1.29 is 9.59 Å². The quantitative estimate of drug-likeness (QED) is 0.740. The van der Waals surface area contributed by atoms with Crippen molar-refractivity contribution in [3.63, 3.8) is 0 Å². The molecule has 27 heavy (non-hydrogen) atoms. The normalized spacial score (nSPS) is 15.7. The smallest absolute Gasteiger partial charge is 0.255 e. The average Bonchev–Trinajstić information content (AvgIpc) is 3.04. The lowest BCUT2D eigenvalue weighted by Gasteiger charge is -2.24. The van der Waals surface area contributed by atoms with Gasteiger partial charge in [-0.1, -0.05) is 36.4 Å². The van der Waals surface area contributed by atoms with E-state index in [1.54, 1.807) is 17.1 Å². The minimum Gasteiger partial charge on any atom is -0.340 e. The van der Waals surface area contributed by atoms with Gasteiger partial charge >= 0.3 is 0 Å². The van der Waals surface area contributed by atoms with E-state index < -0.39 is 6.04 Å². The summed E-state index contributed by atoms with van der Waals surface area (Å²) in [5.74, 6) is -0.0104. The second-order valence-electron chi connectivity index (χ2n) is 6.52. The Kier molecular flexibility index (Phi) is 4.42. The standard InChI is InChI=1S/C20H19N5O2/c1-25-17(10-13-6-3-2-4-7-13)15(12-22-25)19(26)23-16-11-14-8-5-9-21-18(14)24-20(16)27/h2-9,12,16H,10-11H2,1H3,(H,23,26)(H,21,24,27). The van der Waals surface area contributed by atoms with Crippen LogP contribution in [-0.4, -0.2) is 32.6 Å². The Hall–Kier alpha value is -3.48. The van der Waals surface area contributed by atoms with E-state index in [4.69, 9.17) is 0 Å². The van der Waals surface area contributed by atoms with Crippen molar-refractivity contribution in [2.75, 3.05) is 5.32 Å². The molecule has 2 amide bonds. The first kappa shape index (κ1) is 17.0. The molecule has 2 aromatic heterocycles. The van der Waals surface area contributed by atoms with Crippen LogP contribution < -0.4 is 10.6 Å². The molecule has 0 aliphatic carbocycles. The summed E-state index contributed by atoms with van der Waals surface area (Å²) in [7, 11) is 1.81. The summed E-state index contributed by atoms with van der Waals surface area (Å²) in [6.45, 7) is 0. The molecule has 1 aromatic carbocycles. The number of hydrogen-bond donors (Lipinski definition) is 2. The van der Waals surface area contributed by atoms with E-state index in [2.05, 4.69) is 20.7 Å². The van der Waals surface area contributed by atoms with E-state index in [1.165, 1.54) is 0 Å². The van der Waals surface area contributed by atoms with E-state index in [-0.39, 0.29) is 11.8 Å². The van der Waals surface area contributed by atoms with Gasteiger partial charge in [0.25, 0.3) is 5.91 Å². The molecular formula is C20H19N5O2. The molecule has 136 valence electrons. The zero-order valence-corrected chi connectivity index (χ0v) is 14.8. The van der Waals surface area contributed by atoms with Crippen molar-refractivity contribution in [1.29, 1.82) is 0 Å². The van der Waals surface area contributed by atoms with Gasteiger partial charge in [0.15, 0.2) is 0 Å². The Morgan fingerprint density at radius 2 is 2.07 bits per heavy atom. The Balaban J connectivity index is 1.53. The van der Waals surface area contributed by atoms with Crippen LogP contribution in [0.5, 0.6) is 0 Å². The molecule has 4 rings (SSSR count). The highest BCUT2D eigenvalue weighted by atomic mass is 16.2. The highest BCUT2D eigenvalue weighted by molar-refractivity contribution is 6.02. The highest BCUT2D eigenvalue weighted by Crippen LogP contribution is 2.20. The number of pyridine rings is 1. The van der Waals surface area contributed by atoms with Crippen LogP contribution in [0.25, 0.3) is 0 Å². The van der Waals surface area contributed by atoms with Crippen LogP contribution >= 0.6 is 0 Å². The Morgan fingerprint density at radius 3 is 2.89 bits per heavy atom. The third-order valence-corrected chi connectivity index (χ3v) is 4.70. The maximum Gasteiger partial charge on any atom is 0.255 e. The number of fused-ring (bicyclic) bond motifs is 1. The molecule has 0 fully saturated rings. The molecule has 1 aliphatic heterocycles. The molecule has 2 N–H and O–H groups in total. The van der Waals surface area contributed by atoms with E-state index >= 15 is 0 Å². The second kappa shape index (κ2) is 7.03. The van der Waals surface area contributed by atoms with Crippen LogP contribution in [0, 0.1) is 0 Å². The number of rotatable bonds is 4. The van der Waals surface area contributed by atoms with Gasteiger partial charge in [0.2, 0.25) is 5.91 Å². The van der Waals surface area contributed by atoms with E-state index in [0.29, 0.717) is 24.2 Å². The number of aryl methyl sites for hydroxylation is 1.